The van der Waals surface area contributed by atoms with Gasteiger partial charge in [0.2, 0.25) is 0 Å². The van der Waals surface area contributed by atoms with Gasteiger partial charge in [0.25, 0.3) is 0 Å². The summed E-state index contributed by atoms with van der Waals surface area (Å²) >= 11 is 0. The van der Waals surface area contributed by atoms with Crippen LogP contribution in [0.1, 0.15) is 23.8 Å². The molecule has 0 aliphatic heterocycles. The van der Waals surface area contributed by atoms with Crippen LogP contribution in [-0.2, 0) is 0 Å². The van der Waals surface area contributed by atoms with Crippen LogP contribution in [-0.4, -0.2) is 28.6 Å². The van der Waals surface area contributed by atoms with Crippen molar-refractivity contribution in [1.29, 1.82) is 0 Å². The number of anilines is 1. The molecule has 3 N–H and O–H groups in total. The van der Waals surface area contributed by atoms with Crippen molar-refractivity contribution in [2.45, 2.75) is 13.3 Å². The molecule has 6 heteroatoms. The number of amides is 2. The van der Waals surface area contributed by atoms with E-state index < -0.39 is 5.97 Å². The fourth-order valence-electron chi connectivity index (χ4n) is 1.04. The number of pyridine rings is 1. The van der Waals surface area contributed by atoms with Crippen LogP contribution in [0.15, 0.2) is 18.3 Å². The average molecular weight is 223 g/mol. The number of carbonyl (C=O) groups is 2. The highest BCUT2D eigenvalue weighted by Gasteiger charge is 2.06. The van der Waals surface area contributed by atoms with Crippen LogP contribution >= 0.6 is 0 Å². The number of hydrogen-bond acceptors (Lipinski definition) is 3. The Labute approximate surface area is 92.7 Å². The zero-order valence-corrected chi connectivity index (χ0v) is 8.86. The maximum absolute atomic E-state index is 11.3. The molecule has 86 valence electrons. The largest absolute Gasteiger partial charge is 0.477 e. The average Bonchev–Trinajstić information content (AvgIpc) is 2.26. The maximum Gasteiger partial charge on any atom is 0.354 e. The summed E-state index contributed by atoms with van der Waals surface area (Å²) in [6.07, 6.45) is 2.17. The van der Waals surface area contributed by atoms with Crippen molar-refractivity contribution in [3.05, 3.63) is 24.0 Å². The summed E-state index contributed by atoms with van der Waals surface area (Å²) in [6.45, 7) is 2.51. The van der Waals surface area contributed by atoms with Gasteiger partial charge in [0.15, 0.2) is 0 Å². The number of nitrogens with one attached hydrogen (secondary N) is 2. The summed E-state index contributed by atoms with van der Waals surface area (Å²) < 4.78 is 0. The van der Waals surface area contributed by atoms with Crippen molar-refractivity contribution in [3.63, 3.8) is 0 Å². The second-order valence-corrected chi connectivity index (χ2v) is 3.12. The molecule has 0 saturated carbocycles. The molecule has 0 atom stereocenters. The predicted octanol–water partition coefficient (Wildman–Crippen LogP) is 1.31. The fourth-order valence-corrected chi connectivity index (χ4v) is 1.04. The Hall–Kier alpha value is -2.11. The molecular formula is C10H13N3O3. The molecule has 0 spiro atoms. The number of aromatic nitrogens is 1. The zero-order valence-electron chi connectivity index (χ0n) is 8.86. The molecule has 1 aromatic rings. The van der Waals surface area contributed by atoms with Crippen molar-refractivity contribution in [2.75, 3.05) is 11.9 Å². The highest BCUT2D eigenvalue weighted by atomic mass is 16.4. The lowest BCUT2D eigenvalue weighted by Crippen LogP contribution is -2.29. The van der Waals surface area contributed by atoms with Gasteiger partial charge in [0, 0.05) is 18.4 Å². The van der Waals surface area contributed by atoms with Crippen molar-refractivity contribution in [2.24, 2.45) is 0 Å². The Bertz CT molecular complexity index is 393. The summed E-state index contributed by atoms with van der Waals surface area (Å²) in [6, 6.07) is 2.47. The number of urea groups is 1. The van der Waals surface area contributed by atoms with Crippen LogP contribution < -0.4 is 10.6 Å². The first kappa shape index (κ1) is 12.0. The van der Waals surface area contributed by atoms with Gasteiger partial charge in [-0.15, -0.1) is 0 Å². The van der Waals surface area contributed by atoms with E-state index in [9.17, 15) is 9.59 Å². The summed E-state index contributed by atoms with van der Waals surface area (Å²) in [5.74, 6) is -1.13. The summed E-state index contributed by atoms with van der Waals surface area (Å²) in [5.41, 5.74) is 0.300. The topological polar surface area (TPSA) is 91.3 Å². The molecule has 0 fully saturated rings. The summed E-state index contributed by atoms with van der Waals surface area (Å²) in [5, 5.41) is 13.8. The molecule has 1 aromatic heterocycles. The molecule has 16 heavy (non-hydrogen) atoms. The normalized spacial score (nSPS) is 9.56. The minimum atomic E-state index is -1.13. The Morgan fingerprint density at radius 3 is 2.88 bits per heavy atom. The van der Waals surface area contributed by atoms with Crippen molar-refractivity contribution < 1.29 is 14.7 Å². The standard InChI is InChI=1S/C10H13N3O3/c1-2-4-12-10(16)13-7-3-5-11-8(6-7)9(14)15/h3,5-6H,2,4H2,1H3,(H,14,15)(H2,11,12,13,16). The van der Waals surface area contributed by atoms with Gasteiger partial charge in [-0.2, -0.15) is 0 Å². The monoisotopic (exact) mass is 223 g/mol. The molecule has 1 heterocycles. The van der Waals surface area contributed by atoms with Gasteiger partial charge in [0.05, 0.1) is 0 Å². The van der Waals surface area contributed by atoms with Crippen molar-refractivity contribution >= 4 is 17.7 Å². The highest BCUT2D eigenvalue weighted by molar-refractivity contribution is 5.91. The van der Waals surface area contributed by atoms with E-state index in [0.717, 1.165) is 6.42 Å². The van der Waals surface area contributed by atoms with Crippen molar-refractivity contribution in [3.8, 4) is 0 Å². The predicted molar refractivity (Wildman–Crippen MR) is 58.5 cm³/mol. The molecule has 0 aromatic carbocycles. The van der Waals surface area contributed by atoms with Crippen LogP contribution in [0, 0.1) is 0 Å². The first-order valence-corrected chi connectivity index (χ1v) is 4.87. The number of carboxylic acid groups (broad SMARTS) is 1. The summed E-state index contributed by atoms with van der Waals surface area (Å²) in [4.78, 5) is 25.5. The van der Waals surface area contributed by atoms with E-state index >= 15 is 0 Å². The second kappa shape index (κ2) is 5.69. The molecular weight excluding hydrogens is 210 g/mol. The first-order chi connectivity index (χ1) is 7.63. The Morgan fingerprint density at radius 1 is 1.50 bits per heavy atom. The quantitative estimate of drug-likeness (QED) is 0.717. The van der Waals surface area contributed by atoms with Gasteiger partial charge in [-0.25, -0.2) is 14.6 Å². The minimum Gasteiger partial charge on any atom is -0.477 e. The van der Waals surface area contributed by atoms with E-state index in [0.29, 0.717) is 12.2 Å². The number of carbonyl (C=O) groups excluding carboxylic acids is 1. The molecule has 0 bridgehead atoms. The second-order valence-electron chi connectivity index (χ2n) is 3.12. The van der Waals surface area contributed by atoms with Crippen LogP contribution in [0.4, 0.5) is 10.5 Å². The molecule has 0 aliphatic rings. The highest BCUT2D eigenvalue weighted by Crippen LogP contribution is 2.07. The molecule has 2 amide bonds. The van der Waals surface area contributed by atoms with Crippen LogP contribution in [0.5, 0.6) is 0 Å². The molecule has 0 radical (unpaired) electrons. The van der Waals surface area contributed by atoms with E-state index in [-0.39, 0.29) is 11.7 Å². The Morgan fingerprint density at radius 2 is 2.25 bits per heavy atom. The van der Waals surface area contributed by atoms with Gasteiger partial charge < -0.3 is 15.7 Å². The van der Waals surface area contributed by atoms with E-state index in [1.807, 2.05) is 6.92 Å². The lowest BCUT2D eigenvalue weighted by Gasteiger charge is -2.06. The fraction of sp³-hybridized carbons (Fsp3) is 0.300. The Balaban J connectivity index is 2.63. The SMILES string of the molecule is CCCNC(=O)Nc1ccnc(C(=O)O)c1. The van der Waals surface area contributed by atoms with Gasteiger partial charge in [-0.1, -0.05) is 6.92 Å². The van der Waals surface area contributed by atoms with Crippen LogP contribution in [0.2, 0.25) is 0 Å². The van der Waals surface area contributed by atoms with Gasteiger partial charge in [-0.05, 0) is 18.6 Å². The number of rotatable bonds is 4. The molecule has 6 nitrogen and oxygen atoms in total. The van der Waals surface area contributed by atoms with Crippen LogP contribution in [0.3, 0.4) is 0 Å². The van der Waals surface area contributed by atoms with E-state index in [1.165, 1.54) is 18.3 Å². The molecule has 1 rings (SSSR count). The van der Waals surface area contributed by atoms with Crippen molar-refractivity contribution in [1.82, 2.24) is 10.3 Å². The number of aromatic carboxylic acids is 1. The molecule has 0 unspecified atom stereocenters. The zero-order chi connectivity index (χ0) is 12.0. The Kier molecular flexibility index (Phi) is 4.26. The lowest BCUT2D eigenvalue weighted by atomic mass is 10.3. The van der Waals surface area contributed by atoms with Gasteiger partial charge in [0.1, 0.15) is 5.69 Å². The van der Waals surface area contributed by atoms with Gasteiger partial charge in [-0.3, -0.25) is 0 Å². The minimum absolute atomic E-state index is 0.103. The van der Waals surface area contributed by atoms with Gasteiger partial charge >= 0.3 is 12.0 Å². The van der Waals surface area contributed by atoms with Crippen LogP contribution in [0.25, 0.3) is 0 Å². The number of carboxylic acids is 1. The molecule has 0 saturated heterocycles. The summed E-state index contributed by atoms with van der Waals surface area (Å²) in [7, 11) is 0. The third-order valence-corrected chi connectivity index (χ3v) is 1.77. The third-order valence-electron chi connectivity index (χ3n) is 1.77. The first-order valence-electron chi connectivity index (χ1n) is 4.87. The molecule has 0 aliphatic carbocycles. The number of hydrogen-bond donors (Lipinski definition) is 3. The van der Waals surface area contributed by atoms with E-state index in [1.54, 1.807) is 0 Å². The smallest absolute Gasteiger partial charge is 0.354 e. The van der Waals surface area contributed by atoms with E-state index in [2.05, 4.69) is 15.6 Å². The van der Waals surface area contributed by atoms with E-state index in [4.69, 9.17) is 5.11 Å². The maximum atomic E-state index is 11.3. The third kappa shape index (κ3) is 3.56. The number of nitrogens with zero attached hydrogens (tertiary/aromatic N) is 1. The lowest BCUT2D eigenvalue weighted by molar-refractivity contribution is 0.0690.